The first-order chi connectivity index (χ1) is 10.2. The van der Waals surface area contributed by atoms with E-state index in [9.17, 15) is 0 Å². The molecule has 0 radical (unpaired) electrons. The number of nitrogens with two attached hydrogens (primary N) is 1. The molecule has 0 spiro atoms. The van der Waals surface area contributed by atoms with Crippen molar-refractivity contribution in [3.63, 3.8) is 0 Å². The number of benzene rings is 1. The standard InChI is InChI=1S/C16H22N4O/c1-12-7-4-5-8-14(12)20(10-6-9-17)15-13(2)16(21-3)19-11-18-15/h4-5,7-8,11H,6,9-10,17H2,1-3H3. The maximum Gasteiger partial charge on any atom is 0.221 e. The van der Waals surface area contributed by atoms with E-state index >= 15 is 0 Å². The second kappa shape index (κ2) is 7.04. The van der Waals surface area contributed by atoms with Gasteiger partial charge in [0, 0.05) is 12.2 Å². The van der Waals surface area contributed by atoms with Crippen LogP contribution in [0.2, 0.25) is 0 Å². The van der Waals surface area contributed by atoms with E-state index < -0.39 is 0 Å². The minimum Gasteiger partial charge on any atom is -0.481 e. The SMILES string of the molecule is COc1ncnc(N(CCCN)c2ccccc2C)c1C. The maximum atomic E-state index is 5.68. The third kappa shape index (κ3) is 3.31. The van der Waals surface area contributed by atoms with Crippen molar-refractivity contribution in [1.29, 1.82) is 0 Å². The number of aryl methyl sites for hydroxylation is 1. The Labute approximate surface area is 125 Å². The molecule has 21 heavy (non-hydrogen) atoms. The van der Waals surface area contributed by atoms with Gasteiger partial charge in [0.25, 0.3) is 0 Å². The van der Waals surface area contributed by atoms with Crippen molar-refractivity contribution in [2.24, 2.45) is 5.73 Å². The average Bonchev–Trinajstić information content (AvgIpc) is 2.50. The van der Waals surface area contributed by atoms with Gasteiger partial charge in [0.2, 0.25) is 5.88 Å². The number of ether oxygens (including phenoxy) is 1. The number of anilines is 2. The quantitative estimate of drug-likeness (QED) is 0.884. The Morgan fingerprint density at radius 1 is 1.19 bits per heavy atom. The molecule has 0 bridgehead atoms. The maximum absolute atomic E-state index is 5.68. The van der Waals surface area contributed by atoms with Crippen LogP contribution in [-0.2, 0) is 0 Å². The van der Waals surface area contributed by atoms with Gasteiger partial charge in [-0.1, -0.05) is 18.2 Å². The molecule has 0 saturated carbocycles. The van der Waals surface area contributed by atoms with Crippen molar-refractivity contribution in [1.82, 2.24) is 9.97 Å². The Balaban J connectivity index is 2.48. The number of para-hydroxylation sites is 1. The summed E-state index contributed by atoms with van der Waals surface area (Å²) in [4.78, 5) is 10.8. The lowest BCUT2D eigenvalue weighted by Crippen LogP contribution is -2.23. The Hall–Kier alpha value is -2.14. The molecule has 1 aromatic heterocycles. The summed E-state index contributed by atoms with van der Waals surface area (Å²) in [5.41, 5.74) is 8.95. The molecule has 0 atom stereocenters. The first kappa shape index (κ1) is 15.3. The highest BCUT2D eigenvalue weighted by atomic mass is 16.5. The van der Waals surface area contributed by atoms with Crippen molar-refractivity contribution in [2.45, 2.75) is 20.3 Å². The fourth-order valence-electron chi connectivity index (χ4n) is 2.36. The highest BCUT2D eigenvalue weighted by Gasteiger charge is 2.17. The molecule has 1 heterocycles. The summed E-state index contributed by atoms with van der Waals surface area (Å²) in [5.74, 6) is 1.47. The fourth-order valence-corrected chi connectivity index (χ4v) is 2.36. The molecule has 5 heteroatoms. The van der Waals surface area contributed by atoms with Crippen LogP contribution in [-0.4, -0.2) is 30.2 Å². The number of nitrogens with zero attached hydrogens (tertiary/aromatic N) is 3. The molecule has 0 aliphatic rings. The van der Waals surface area contributed by atoms with Crippen molar-refractivity contribution in [2.75, 3.05) is 25.1 Å². The molecule has 0 unspecified atom stereocenters. The third-order valence-corrected chi connectivity index (χ3v) is 3.45. The van der Waals surface area contributed by atoms with Crippen LogP contribution in [0, 0.1) is 13.8 Å². The zero-order valence-electron chi connectivity index (χ0n) is 12.8. The molecule has 112 valence electrons. The van der Waals surface area contributed by atoms with Crippen LogP contribution in [0.4, 0.5) is 11.5 Å². The van der Waals surface area contributed by atoms with E-state index in [4.69, 9.17) is 10.5 Å². The smallest absolute Gasteiger partial charge is 0.221 e. The highest BCUT2D eigenvalue weighted by molar-refractivity contribution is 5.66. The highest BCUT2D eigenvalue weighted by Crippen LogP contribution is 2.31. The Bertz CT molecular complexity index is 601. The number of aromatic nitrogens is 2. The lowest BCUT2D eigenvalue weighted by atomic mass is 10.1. The minimum atomic E-state index is 0.603. The van der Waals surface area contributed by atoms with Crippen molar-refractivity contribution in [3.8, 4) is 5.88 Å². The molecule has 2 N–H and O–H groups in total. The molecule has 0 aliphatic carbocycles. The van der Waals surface area contributed by atoms with E-state index in [1.54, 1.807) is 7.11 Å². The van der Waals surface area contributed by atoms with Crippen molar-refractivity contribution in [3.05, 3.63) is 41.7 Å². The van der Waals surface area contributed by atoms with Crippen molar-refractivity contribution >= 4 is 11.5 Å². The van der Waals surface area contributed by atoms with Crippen LogP contribution in [0.25, 0.3) is 0 Å². The van der Waals surface area contributed by atoms with Crippen LogP contribution >= 0.6 is 0 Å². The van der Waals surface area contributed by atoms with Gasteiger partial charge in [-0.25, -0.2) is 9.97 Å². The fraction of sp³-hybridized carbons (Fsp3) is 0.375. The Kier molecular flexibility index (Phi) is 5.11. The monoisotopic (exact) mass is 286 g/mol. The van der Waals surface area contributed by atoms with Gasteiger partial charge in [-0.2, -0.15) is 0 Å². The van der Waals surface area contributed by atoms with Gasteiger partial charge in [-0.05, 0) is 38.4 Å². The zero-order valence-corrected chi connectivity index (χ0v) is 12.8. The lowest BCUT2D eigenvalue weighted by molar-refractivity contribution is 0.393. The second-order valence-corrected chi connectivity index (χ2v) is 4.91. The van der Waals surface area contributed by atoms with Gasteiger partial charge >= 0.3 is 0 Å². The molecule has 5 nitrogen and oxygen atoms in total. The number of hydrogen-bond acceptors (Lipinski definition) is 5. The molecule has 2 aromatic rings. The first-order valence-electron chi connectivity index (χ1n) is 7.08. The van der Waals surface area contributed by atoms with E-state index in [-0.39, 0.29) is 0 Å². The van der Waals surface area contributed by atoms with Gasteiger partial charge in [0.1, 0.15) is 12.1 Å². The molecule has 2 rings (SSSR count). The second-order valence-electron chi connectivity index (χ2n) is 4.91. The number of hydrogen-bond donors (Lipinski definition) is 1. The summed E-state index contributed by atoms with van der Waals surface area (Å²) in [6.07, 6.45) is 2.43. The molecule has 0 amide bonds. The molecular weight excluding hydrogens is 264 g/mol. The minimum absolute atomic E-state index is 0.603. The molecule has 0 saturated heterocycles. The normalized spacial score (nSPS) is 10.5. The van der Waals surface area contributed by atoms with Gasteiger partial charge < -0.3 is 15.4 Å². The molecule has 1 aromatic carbocycles. The van der Waals surface area contributed by atoms with Gasteiger partial charge in [-0.3, -0.25) is 0 Å². The summed E-state index contributed by atoms with van der Waals surface area (Å²) < 4.78 is 5.30. The van der Waals surface area contributed by atoms with Crippen LogP contribution in [0.1, 0.15) is 17.5 Å². The van der Waals surface area contributed by atoms with E-state index in [0.717, 1.165) is 30.0 Å². The largest absolute Gasteiger partial charge is 0.481 e. The summed E-state index contributed by atoms with van der Waals surface area (Å²) in [7, 11) is 1.62. The number of rotatable bonds is 6. The Morgan fingerprint density at radius 3 is 2.62 bits per heavy atom. The summed E-state index contributed by atoms with van der Waals surface area (Å²) in [6, 6.07) is 8.26. The molecular formula is C16H22N4O. The van der Waals surface area contributed by atoms with Crippen molar-refractivity contribution < 1.29 is 4.74 Å². The van der Waals surface area contributed by atoms with Crippen LogP contribution < -0.4 is 15.4 Å². The van der Waals surface area contributed by atoms with E-state index in [1.807, 2.05) is 19.1 Å². The van der Waals surface area contributed by atoms with Gasteiger partial charge in [0.05, 0.1) is 12.7 Å². The first-order valence-corrected chi connectivity index (χ1v) is 7.08. The molecule has 0 aliphatic heterocycles. The van der Waals surface area contributed by atoms with E-state index in [0.29, 0.717) is 12.4 Å². The van der Waals surface area contributed by atoms with Gasteiger partial charge in [-0.15, -0.1) is 0 Å². The van der Waals surface area contributed by atoms with Gasteiger partial charge in [0.15, 0.2) is 0 Å². The number of methoxy groups -OCH3 is 1. The summed E-state index contributed by atoms with van der Waals surface area (Å²) in [6.45, 7) is 5.52. The lowest BCUT2D eigenvalue weighted by Gasteiger charge is -2.27. The average molecular weight is 286 g/mol. The topological polar surface area (TPSA) is 64.3 Å². The molecule has 0 fully saturated rings. The third-order valence-electron chi connectivity index (χ3n) is 3.45. The van der Waals surface area contributed by atoms with E-state index in [2.05, 4.69) is 33.9 Å². The van der Waals surface area contributed by atoms with E-state index in [1.165, 1.54) is 11.9 Å². The van der Waals surface area contributed by atoms with Crippen LogP contribution in [0.5, 0.6) is 5.88 Å². The summed E-state index contributed by atoms with van der Waals surface area (Å²) >= 11 is 0. The van der Waals surface area contributed by atoms with Crippen LogP contribution in [0.15, 0.2) is 30.6 Å². The summed E-state index contributed by atoms with van der Waals surface area (Å²) in [5, 5.41) is 0. The predicted octanol–water partition coefficient (Wildman–Crippen LogP) is 2.59. The van der Waals surface area contributed by atoms with Crippen LogP contribution in [0.3, 0.4) is 0 Å². The predicted molar refractivity (Wildman–Crippen MR) is 85.2 cm³/mol. The Morgan fingerprint density at radius 2 is 1.95 bits per heavy atom. The zero-order chi connectivity index (χ0) is 15.2.